The summed E-state index contributed by atoms with van der Waals surface area (Å²) in [5.41, 5.74) is 3.16. The molecule has 0 bridgehead atoms. The second-order valence-electron chi connectivity index (χ2n) is 3.46. The lowest BCUT2D eigenvalue weighted by Crippen LogP contribution is -1.89. The molecule has 0 radical (unpaired) electrons. The van der Waals surface area contributed by atoms with Gasteiger partial charge in [-0.15, -0.1) is 11.3 Å². The van der Waals surface area contributed by atoms with Crippen molar-refractivity contribution in [1.29, 1.82) is 0 Å². The lowest BCUT2D eigenvalue weighted by atomic mass is 10.1. The highest BCUT2D eigenvalue weighted by Gasteiger charge is 2.07. The first-order chi connectivity index (χ1) is 7.16. The molecule has 0 unspecified atom stereocenters. The van der Waals surface area contributed by atoms with Gasteiger partial charge in [0.15, 0.2) is 10.8 Å². The fourth-order valence-electron chi connectivity index (χ4n) is 1.29. The highest BCUT2D eigenvalue weighted by molar-refractivity contribution is 7.12. The van der Waals surface area contributed by atoms with E-state index in [9.17, 15) is 4.79 Å². The van der Waals surface area contributed by atoms with E-state index >= 15 is 0 Å². The Morgan fingerprint density at radius 2 is 1.93 bits per heavy atom. The largest absolute Gasteiger partial charge is 0.292 e. The molecule has 1 heterocycles. The number of carbonyl (C=O) groups is 1. The Morgan fingerprint density at radius 1 is 1.27 bits per heavy atom. The zero-order valence-corrected chi connectivity index (χ0v) is 9.47. The molecule has 15 heavy (non-hydrogen) atoms. The minimum atomic E-state index is 0.0263. The third kappa shape index (κ3) is 2.13. The summed E-state index contributed by atoms with van der Waals surface area (Å²) >= 11 is 1.40. The van der Waals surface area contributed by atoms with Gasteiger partial charge in [0.2, 0.25) is 0 Å². The SMILES string of the molecule is CC(=O)c1nc(-c2ccc(C)cc2)cs1. The van der Waals surface area contributed by atoms with Gasteiger partial charge in [-0.05, 0) is 6.92 Å². The van der Waals surface area contributed by atoms with Gasteiger partial charge in [-0.25, -0.2) is 4.98 Å². The topological polar surface area (TPSA) is 30.0 Å². The van der Waals surface area contributed by atoms with E-state index in [-0.39, 0.29) is 5.78 Å². The third-order valence-corrected chi connectivity index (χ3v) is 3.10. The van der Waals surface area contributed by atoms with Crippen molar-refractivity contribution >= 4 is 17.1 Å². The molecule has 0 atom stereocenters. The first kappa shape index (κ1) is 10.1. The van der Waals surface area contributed by atoms with Crippen LogP contribution in [0.15, 0.2) is 29.6 Å². The number of nitrogens with zero attached hydrogens (tertiary/aromatic N) is 1. The number of ketones is 1. The summed E-state index contributed by atoms with van der Waals surface area (Å²) < 4.78 is 0. The van der Waals surface area contributed by atoms with E-state index in [2.05, 4.69) is 4.98 Å². The number of thiazole rings is 1. The van der Waals surface area contributed by atoms with Crippen molar-refractivity contribution < 1.29 is 4.79 Å². The molecule has 0 aliphatic heterocycles. The van der Waals surface area contributed by atoms with Crippen molar-refractivity contribution in [2.24, 2.45) is 0 Å². The molecule has 1 aromatic carbocycles. The van der Waals surface area contributed by atoms with Gasteiger partial charge in [-0.1, -0.05) is 29.8 Å². The minimum absolute atomic E-state index is 0.0263. The number of benzene rings is 1. The second-order valence-corrected chi connectivity index (χ2v) is 4.32. The molecule has 0 amide bonds. The molecule has 2 nitrogen and oxygen atoms in total. The first-order valence-electron chi connectivity index (χ1n) is 4.70. The predicted molar refractivity (Wildman–Crippen MR) is 62.3 cm³/mol. The molecule has 0 aliphatic rings. The Morgan fingerprint density at radius 3 is 2.47 bits per heavy atom. The summed E-state index contributed by atoms with van der Waals surface area (Å²) in [6.45, 7) is 3.59. The summed E-state index contributed by atoms with van der Waals surface area (Å²) in [6, 6.07) is 8.13. The van der Waals surface area contributed by atoms with Gasteiger partial charge in [0.1, 0.15) is 0 Å². The fourth-order valence-corrected chi connectivity index (χ4v) is 2.02. The molecule has 0 N–H and O–H groups in total. The van der Waals surface area contributed by atoms with Crippen LogP contribution in [-0.2, 0) is 0 Å². The maximum atomic E-state index is 11.1. The number of Topliss-reactive ketones (excluding diaryl/α,β-unsaturated/α-hetero) is 1. The Hall–Kier alpha value is -1.48. The van der Waals surface area contributed by atoms with Crippen LogP contribution in [0.5, 0.6) is 0 Å². The Balaban J connectivity index is 2.37. The molecule has 2 aromatic rings. The van der Waals surface area contributed by atoms with E-state index in [1.54, 1.807) is 0 Å². The zero-order chi connectivity index (χ0) is 10.8. The fraction of sp³-hybridized carbons (Fsp3) is 0.167. The van der Waals surface area contributed by atoms with Crippen LogP contribution in [0.25, 0.3) is 11.3 Å². The van der Waals surface area contributed by atoms with E-state index < -0.39 is 0 Å². The van der Waals surface area contributed by atoms with E-state index in [0.717, 1.165) is 11.3 Å². The van der Waals surface area contributed by atoms with Crippen LogP contribution in [0, 0.1) is 6.92 Å². The molecule has 0 fully saturated rings. The van der Waals surface area contributed by atoms with Crippen LogP contribution in [0.4, 0.5) is 0 Å². The second kappa shape index (κ2) is 3.95. The van der Waals surface area contributed by atoms with Crippen LogP contribution in [0.2, 0.25) is 0 Å². The number of aromatic nitrogens is 1. The molecule has 0 saturated carbocycles. The molecule has 1 aromatic heterocycles. The van der Waals surface area contributed by atoms with E-state index in [4.69, 9.17) is 0 Å². The normalized spacial score (nSPS) is 10.3. The van der Waals surface area contributed by atoms with Gasteiger partial charge >= 0.3 is 0 Å². The number of aryl methyl sites for hydroxylation is 1. The standard InChI is InChI=1S/C12H11NOS/c1-8-3-5-10(6-4-8)11-7-15-12(13-11)9(2)14/h3-7H,1-2H3. The smallest absolute Gasteiger partial charge is 0.188 e. The van der Waals surface area contributed by atoms with Crippen molar-refractivity contribution in [2.45, 2.75) is 13.8 Å². The number of rotatable bonds is 2. The zero-order valence-electron chi connectivity index (χ0n) is 8.65. The minimum Gasteiger partial charge on any atom is -0.292 e. The van der Waals surface area contributed by atoms with Gasteiger partial charge in [-0.3, -0.25) is 4.79 Å². The highest BCUT2D eigenvalue weighted by Crippen LogP contribution is 2.22. The molecule has 3 heteroatoms. The Kier molecular flexibility index (Phi) is 2.64. The lowest BCUT2D eigenvalue weighted by molar-refractivity contribution is 0.101. The monoisotopic (exact) mass is 217 g/mol. The summed E-state index contributed by atoms with van der Waals surface area (Å²) in [4.78, 5) is 15.4. The third-order valence-electron chi connectivity index (χ3n) is 2.15. The number of hydrogen-bond donors (Lipinski definition) is 0. The molecule has 0 aliphatic carbocycles. The Labute approximate surface area is 92.6 Å². The maximum Gasteiger partial charge on any atom is 0.188 e. The maximum absolute atomic E-state index is 11.1. The molecule has 76 valence electrons. The van der Waals surface area contributed by atoms with Crippen molar-refractivity contribution in [1.82, 2.24) is 4.98 Å². The number of carbonyl (C=O) groups excluding carboxylic acids is 1. The van der Waals surface area contributed by atoms with Crippen LogP contribution in [0.1, 0.15) is 22.3 Å². The van der Waals surface area contributed by atoms with Crippen molar-refractivity contribution in [3.8, 4) is 11.3 Å². The van der Waals surface area contributed by atoms with E-state index in [1.165, 1.54) is 23.8 Å². The highest BCUT2D eigenvalue weighted by atomic mass is 32.1. The van der Waals surface area contributed by atoms with Crippen LogP contribution in [0.3, 0.4) is 0 Å². The lowest BCUT2D eigenvalue weighted by Gasteiger charge is -1.96. The van der Waals surface area contributed by atoms with Crippen LogP contribution < -0.4 is 0 Å². The summed E-state index contributed by atoms with van der Waals surface area (Å²) in [5, 5.41) is 2.49. The quantitative estimate of drug-likeness (QED) is 0.722. The van der Waals surface area contributed by atoms with Gasteiger partial charge in [0, 0.05) is 17.9 Å². The number of hydrogen-bond acceptors (Lipinski definition) is 3. The average molecular weight is 217 g/mol. The summed E-state index contributed by atoms with van der Waals surface area (Å²) in [6.07, 6.45) is 0. The van der Waals surface area contributed by atoms with E-state index in [1.807, 2.05) is 36.6 Å². The van der Waals surface area contributed by atoms with Crippen molar-refractivity contribution in [3.63, 3.8) is 0 Å². The first-order valence-corrected chi connectivity index (χ1v) is 5.58. The van der Waals surface area contributed by atoms with E-state index in [0.29, 0.717) is 5.01 Å². The van der Waals surface area contributed by atoms with Crippen molar-refractivity contribution in [3.05, 3.63) is 40.2 Å². The molecular weight excluding hydrogens is 206 g/mol. The van der Waals surface area contributed by atoms with Crippen LogP contribution >= 0.6 is 11.3 Å². The predicted octanol–water partition coefficient (Wildman–Crippen LogP) is 3.32. The van der Waals surface area contributed by atoms with Gasteiger partial charge in [0.25, 0.3) is 0 Å². The molecule has 0 saturated heterocycles. The molecule has 2 rings (SSSR count). The van der Waals surface area contributed by atoms with Gasteiger partial charge < -0.3 is 0 Å². The summed E-state index contributed by atoms with van der Waals surface area (Å²) in [5.74, 6) is 0.0263. The van der Waals surface area contributed by atoms with Gasteiger partial charge in [-0.2, -0.15) is 0 Å². The van der Waals surface area contributed by atoms with Gasteiger partial charge in [0.05, 0.1) is 5.69 Å². The Bertz CT molecular complexity index is 485. The van der Waals surface area contributed by atoms with Crippen molar-refractivity contribution in [2.75, 3.05) is 0 Å². The summed E-state index contributed by atoms with van der Waals surface area (Å²) in [7, 11) is 0. The molecular formula is C12H11NOS. The molecule has 0 spiro atoms. The van der Waals surface area contributed by atoms with Crippen LogP contribution in [-0.4, -0.2) is 10.8 Å². The average Bonchev–Trinajstić information content (AvgIpc) is 2.68.